The number of anilines is 1. The lowest BCUT2D eigenvalue weighted by atomic mass is 10.1. The number of thioether (sulfide) groups is 1. The quantitative estimate of drug-likeness (QED) is 0.222. The molecule has 0 unspecified atom stereocenters. The highest BCUT2D eigenvalue weighted by Crippen LogP contribution is 2.28. The molecule has 2 amide bonds. The number of rotatable bonds is 6. The van der Waals surface area contributed by atoms with E-state index in [1.165, 1.54) is 29.4 Å². The normalized spacial score (nSPS) is 10.5. The first kappa shape index (κ1) is 18.1. The number of thiophene rings is 1. The first-order valence-corrected chi connectivity index (χ1v) is 9.42. The van der Waals surface area contributed by atoms with E-state index in [0.717, 1.165) is 11.1 Å². The first-order chi connectivity index (χ1) is 12.6. The van der Waals surface area contributed by atoms with Gasteiger partial charge in [-0.1, -0.05) is 23.9 Å². The largest absolute Gasteiger partial charge is 0.313 e. The number of hydrazine groups is 1. The molecule has 0 bridgehead atoms. The van der Waals surface area contributed by atoms with Gasteiger partial charge in [0.15, 0.2) is 5.16 Å². The van der Waals surface area contributed by atoms with Gasteiger partial charge >= 0.3 is 0 Å². The van der Waals surface area contributed by atoms with E-state index in [0.29, 0.717) is 27.0 Å². The third-order valence-corrected chi connectivity index (χ3v) is 5.48. The maximum Gasteiger partial charge on any atom is 0.268 e. The summed E-state index contributed by atoms with van der Waals surface area (Å²) in [6, 6.07) is 7.28. The standard InChI is InChI=1S/C16H16N6O2S2/c1-9-6-25-15(12(9)14(24)21-17)20-13(23)11-4-2-3-10(5-11)7-26-16-18-8-19-22-16/h2-6,8H,7,17H2,1H3,(H,20,23)(H,21,24)(H,18,19,22). The second-order valence-electron chi connectivity index (χ2n) is 5.33. The fourth-order valence-electron chi connectivity index (χ4n) is 2.28. The van der Waals surface area contributed by atoms with Crippen LogP contribution in [0.1, 0.15) is 31.8 Å². The SMILES string of the molecule is Cc1csc(NC(=O)c2cccc(CSc3ncn[nH]3)c2)c1C(=O)NN. The van der Waals surface area contributed by atoms with Crippen molar-refractivity contribution in [3.63, 3.8) is 0 Å². The number of hydrogen-bond acceptors (Lipinski definition) is 7. The number of hydrogen-bond donors (Lipinski definition) is 4. The Hall–Kier alpha value is -2.69. The van der Waals surface area contributed by atoms with Crippen LogP contribution in [0.15, 0.2) is 41.1 Å². The molecular weight excluding hydrogens is 372 g/mol. The maximum atomic E-state index is 12.6. The van der Waals surface area contributed by atoms with Crippen LogP contribution in [0.2, 0.25) is 0 Å². The minimum atomic E-state index is -0.434. The van der Waals surface area contributed by atoms with E-state index in [9.17, 15) is 9.59 Å². The highest BCUT2D eigenvalue weighted by atomic mass is 32.2. The number of carbonyl (C=O) groups is 2. The van der Waals surface area contributed by atoms with Gasteiger partial charge in [0, 0.05) is 11.3 Å². The van der Waals surface area contributed by atoms with Crippen LogP contribution in [-0.4, -0.2) is 27.0 Å². The van der Waals surface area contributed by atoms with Crippen molar-refractivity contribution in [2.45, 2.75) is 17.8 Å². The molecule has 10 heteroatoms. The summed E-state index contributed by atoms with van der Waals surface area (Å²) in [4.78, 5) is 28.5. The molecule has 0 saturated heterocycles. The Bertz CT molecular complexity index is 923. The van der Waals surface area contributed by atoms with E-state index in [1.54, 1.807) is 18.4 Å². The summed E-state index contributed by atoms with van der Waals surface area (Å²) in [6.45, 7) is 1.79. The van der Waals surface area contributed by atoms with Crippen molar-refractivity contribution in [1.29, 1.82) is 0 Å². The minimum absolute atomic E-state index is 0.288. The van der Waals surface area contributed by atoms with E-state index in [1.807, 2.05) is 18.2 Å². The Kier molecular flexibility index (Phi) is 5.66. The molecule has 0 atom stereocenters. The highest BCUT2D eigenvalue weighted by Gasteiger charge is 2.18. The lowest BCUT2D eigenvalue weighted by molar-refractivity contribution is 0.0954. The van der Waals surface area contributed by atoms with Gasteiger partial charge in [-0.2, -0.15) is 5.10 Å². The smallest absolute Gasteiger partial charge is 0.268 e. The van der Waals surface area contributed by atoms with Gasteiger partial charge in [0.2, 0.25) is 0 Å². The summed E-state index contributed by atoms with van der Waals surface area (Å²) in [7, 11) is 0. The summed E-state index contributed by atoms with van der Waals surface area (Å²) < 4.78 is 0. The Morgan fingerprint density at radius 1 is 1.35 bits per heavy atom. The molecule has 2 aromatic heterocycles. The topological polar surface area (TPSA) is 126 Å². The van der Waals surface area contributed by atoms with Gasteiger partial charge in [-0.25, -0.2) is 10.8 Å². The Labute approximate surface area is 157 Å². The number of nitrogens with zero attached hydrogens (tertiary/aromatic N) is 2. The van der Waals surface area contributed by atoms with E-state index in [4.69, 9.17) is 5.84 Å². The minimum Gasteiger partial charge on any atom is -0.313 e. The van der Waals surface area contributed by atoms with Gasteiger partial charge < -0.3 is 5.32 Å². The molecule has 1 aromatic carbocycles. The zero-order chi connectivity index (χ0) is 18.5. The molecule has 8 nitrogen and oxygen atoms in total. The molecule has 2 heterocycles. The third kappa shape index (κ3) is 4.10. The van der Waals surface area contributed by atoms with Crippen LogP contribution in [0.3, 0.4) is 0 Å². The maximum absolute atomic E-state index is 12.6. The van der Waals surface area contributed by atoms with Crippen LogP contribution in [0.4, 0.5) is 5.00 Å². The van der Waals surface area contributed by atoms with Crippen LogP contribution >= 0.6 is 23.1 Å². The van der Waals surface area contributed by atoms with Gasteiger partial charge in [-0.3, -0.25) is 20.1 Å². The molecule has 5 N–H and O–H groups in total. The van der Waals surface area contributed by atoms with E-state index < -0.39 is 5.91 Å². The monoisotopic (exact) mass is 388 g/mol. The molecule has 3 aromatic rings. The van der Waals surface area contributed by atoms with Crippen LogP contribution in [0, 0.1) is 6.92 Å². The highest BCUT2D eigenvalue weighted by molar-refractivity contribution is 7.98. The van der Waals surface area contributed by atoms with E-state index in [2.05, 4.69) is 25.9 Å². The molecule has 0 radical (unpaired) electrons. The van der Waals surface area contributed by atoms with Crippen LogP contribution in [-0.2, 0) is 5.75 Å². The van der Waals surface area contributed by atoms with Crippen molar-refractivity contribution in [2.24, 2.45) is 5.84 Å². The predicted octanol–water partition coefficient (Wildman–Crippen LogP) is 2.32. The van der Waals surface area contributed by atoms with Gasteiger partial charge in [0.05, 0.1) is 5.56 Å². The van der Waals surface area contributed by atoms with Crippen LogP contribution in [0.25, 0.3) is 0 Å². The number of aryl methyl sites for hydroxylation is 1. The summed E-state index contributed by atoms with van der Waals surface area (Å²) in [6.07, 6.45) is 1.45. The van der Waals surface area contributed by atoms with Gasteiger partial charge in [0.25, 0.3) is 11.8 Å². The number of benzene rings is 1. The molecular formula is C16H16N6O2S2. The van der Waals surface area contributed by atoms with Crippen LogP contribution in [0.5, 0.6) is 0 Å². The molecule has 0 aliphatic carbocycles. The second-order valence-corrected chi connectivity index (χ2v) is 7.17. The number of carbonyl (C=O) groups excluding carboxylic acids is 2. The summed E-state index contributed by atoms with van der Waals surface area (Å²) >= 11 is 2.78. The number of aromatic amines is 1. The molecule has 0 aliphatic heterocycles. The lowest BCUT2D eigenvalue weighted by Crippen LogP contribution is -2.31. The molecule has 26 heavy (non-hydrogen) atoms. The predicted molar refractivity (Wildman–Crippen MR) is 101 cm³/mol. The number of nitrogens with two attached hydrogens (primary N) is 1. The van der Waals surface area contributed by atoms with Crippen molar-refractivity contribution < 1.29 is 9.59 Å². The number of nitrogen functional groups attached to an aromatic ring is 1. The summed E-state index contributed by atoms with van der Waals surface area (Å²) in [5.74, 6) is 5.14. The molecule has 3 rings (SSSR count). The molecule has 0 saturated carbocycles. The van der Waals surface area contributed by atoms with E-state index >= 15 is 0 Å². The number of nitrogens with one attached hydrogen (secondary N) is 3. The average molecular weight is 388 g/mol. The van der Waals surface area contributed by atoms with Crippen molar-refractivity contribution >= 4 is 39.9 Å². The molecule has 0 fully saturated rings. The van der Waals surface area contributed by atoms with Gasteiger partial charge in [-0.05, 0) is 35.6 Å². The summed E-state index contributed by atoms with van der Waals surface area (Å²) in [5.41, 5.74) is 4.71. The van der Waals surface area contributed by atoms with Crippen molar-refractivity contribution in [3.05, 3.63) is 58.2 Å². The van der Waals surface area contributed by atoms with Crippen LogP contribution < -0.4 is 16.6 Å². The summed E-state index contributed by atoms with van der Waals surface area (Å²) in [5, 5.41) is 12.3. The second kappa shape index (κ2) is 8.13. The van der Waals surface area contributed by atoms with Crippen molar-refractivity contribution in [1.82, 2.24) is 20.6 Å². The lowest BCUT2D eigenvalue weighted by Gasteiger charge is -2.08. The zero-order valence-corrected chi connectivity index (χ0v) is 15.4. The van der Waals surface area contributed by atoms with E-state index in [-0.39, 0.29) is 5.91 Å². The Balaban J connectivity index is 1.72. The third-order valence-electron chi connectivity index (χ3n) is 3.52. The average Bonchev–Trinajstić information content (AvgIpc) is 3.29. The van der Waals surface area contributed by atoms with Gasteiger partial charge in [-0.15, -0.1) is 11.3 Å². The number of amides is 2. The van der Waals surface area contributed by atoms with Gasteiger partial charge in [0.1, 0.15) is 11.3 Å². The molecule has 134 valence electrons. The van der Waals surface area contributed by atoms with Crippen molar-refractivity contribution in [2.75, 3.05) is 5.32 Å². The number of aromatic nitrogens is 3. The molecule has 0 aliphatic rings. The molecule has 0 spiro atoms. The zero-order valence-electron chi connectivity index (χ0n) is 13.8. The number of H-pyrrole nitrogens is 1. The first-order valence-electron chi connectivity index (χ1n) is 7.56. The Morgan fingerprint density at radius 2 is 2.19 bits per heavy atom. The fourth-order valence-corrected chi connectivity index (χ4v) is 3.94. The Morgan fingerprint density at radius 3 is 2.92 bits per heavy atom. The van der Waals surface area contributed by atoms with Crippen molar-refractivity contribution in [3.8, 4) is 0 Å². The fraction of sp³-hybridized carbons (Fsp3) is 0.125.